The summed E-state index contributed by atoms with van der Waals surface area (Å²) in [4.78, 5) is 14.0. The Balaban J connectivity index is 2.13. The van der Waals surface area contributed by atoms with Crippen molar-refractivity contribution in [3.63, 3.8) is 0 Å². The summed E-state index contributed by atoms with van der Waals surface area (Å²) in [6, 6.07) is 6.34. The van der Waals surface area contributed by atoms with Crippen molar-refractivity contribution in [3.05, 3.63) is 33.4 Å². The summed E-state index contributed by atoms with van der Waals surface area (Å²) in [6.07, 6.45) is 1.04. The minimum Gasteiger partial charge on any atom is -0.305 e. The lowest BCUT2D eigenvalue weighted by molar-refractivity contribution is 0.362. The van der Waals surface area contributed by atoms with E-state index >= 15 is 0 Å². The molecule has 0 N–H and O–H groups in total. The first kappa shape index (κ1) is 14.0. The van der Waals surface area contributed by atoms with Crippen LogP contribution in [0.2, 0.25) is 0 Å². The molecule has 18 heavy (non-hydrogen) atoms. The van der Waals surface area contributed by atoms with E-state index in [1.807, 2.05) is 7.05 Å². The fourth-order valence-electron chi connectivity index (χ4n) is 1.91. The molecule has 1 aromatic heterocycles. The fourth-order valence-corrected chi connectivity index (χ4v) is 3.68. The lowest BCUT2D eigenvalue weighted by atomic mass is 10.1. The summed E-state index contributed by atoms with van der Waals surface area (Å²) in [6.45, 7) is 2.19. The second-order valence-electron chi connectivity index (χ2n) is 4.47. The van der Waals surface area contributed by atoms with Crippen LogP contribution in [0.5, 0.6) is 0 Å². The Morgan fingerprint density at radius 1 is 1.39 bits per heavy atom. The van der Waals surface area contributed by atoms with Crippen LogP contribution in [-0.2, 0) is 13.5 Å². The molecule has 0 bridgehead atoms. The van der Waals surface area contributed by atoms with E-state index in [4.69, 9.17) is 0 Å². The number of benzene rings is 1. The first-order valence-corrected chi connectivity index (χ1v) is 8.29. The van der Waals surface area contributed by atoms with Gasteiger partial charge < -0.3 is 9.47 Å². The topological polar surface area (TPSA) is 25.2 Å². The van der Waals surface area contributed by atoms with Crippen LogP contribution < -0.4 is 4.87 Å². The van der Waals surface area contributed by atoms with E-state index in [9.17, 15) is 4.79 Å². The SMILES string of the molecule is CN(CCI)CCc1ccc2c(c1)sc(=O)n2C. The number of fused-ring (bicyclic) bond motifs is 1. The van der Waals surface area contributed by atoms with Gasteiger partial charge in [0.1, 0.15) is 0 Å². The van der Waals surface area contributed by atoms with Gasteiger partial charge in [-0.1, -0.05) is 40.0 Å². The van der Waals surface area contributed by atoms with Crippen LogP contribution in [0.25, 0.3) is 10.2 Å². The third-order valence-electron chi connectivity index (χ3n) is 3.11. The molecule has 2 rings (SSSR count). The van der Waals surface area contributed by atoms with Crippen molar-refractivity contribution >= 4 is 44.1 Å². The molecule has 0 atom stereocenters. The largest absolute Gasteiger partial charge is 0.307 e. The van der Waals surface area contributed by atoms with Gasteiger partial charge in [-0.25, -0.2) is 0 Å². The van der Waals surface area contributed by atoms with Crippen molar-refractivity contribution in [1.82, 2.24) is 9.47 Å². The van der Waals surface area contributed by atoms with Crippen molar-refractivity contribution in [1.29, 1.82) is 0 Å². The highest BCUT2D eigenvalue weighted by atomic mass is 127. The van der Waals surface area contributed by atoms with Gasteiger partial charge in [-0.3, -0.25) is 4.79 Å². The highest BCUT2D eigenvalue weighted by Crippen LogP contribution is 2.18. The van der Waals surface area contributed by atoms with Crippen LogP contribution in [0.3, 0.4) is 0 Å². The number of thiazole rings is 1. The van der Waals surface area contributed by atoms with Crippen LogP contribution in [0.15, 0.2) is 23.0 Å². The maximum Gasteiger partial charge on any atom is 0.307 e. The van der Waals surface area contributed by atoms with E-state index in [1.165, 1.54) is 16.9 Å². The standard InChI is InChI=1S/C13H17IN2OS/c1-15(8-6-14)7-5-10-3-4-11-12(9-10)18-13(17)16(11)2/h3-4,9H,5-8H2,1-2H3. The van der Waals surface area contributed by atoms with E-state index in [1.54, 1.807) is 4.57 Å². The minimum absolute atomic E-state index is 0.115. The first-order valence-electron chi connectivity index (χ1n) is 5.95. The molecule has 1 aromatic carbocycles. The van der Waals surface area contributed by atoms with Crippen molar-refractivity contribution in [3.8, 4) is 0 Å². The van der Waals surface area contributed by atoms with Crippen LogP contribution >= 0.6 is 33.9 Å². The Morgan fingerprint density at radius 3 is 2.89 bits per heavy atom. The molecular formula is C13H17IN2OS. The van der Waals surface area contributed by atoms with Gasteiger partial charge in [0, 0.05) is 24.6 Å². The van der Waals surface area contributed by atoms with Gasteiger partial charge in [-0.05, 0) is 31.2 Å². The molecule has 98 valence electrons. The van der Waals surface area contributed by atoms with Crippen molar-refractivity contribution in [2.45, 2.75) is 6.42 Å². The van der Waals surface area contributed by atoms with Crippen LogP contribution in [0, 0.1) is 0 Å². The number of rotatable bonds is 5. The van der Waals surface area contributed by atoms with Gasteiger partial charge in [0.15, 0.2) is 0 Å². The minimum atomic E-state index is 0.115. The summed E-state index contributed by atoms with van der Waals surface area (Å²) < 4.78 is 3.97. The van der Waals surface area contributed by atoms with Gasteiger partial charge in [0.2, 0.25) is 0 Å². The molecule has 0 saturated carbocycles. The summed E-state index contributed by atoms with van der Waals surface area (Å²) in [5, 5.41) is 0. The average Bonchev–Trinajstić information content (AvgIpc) is 2.63. The second-order valence-corrected chi connectivity index (χ2v) is 6.54. The zero-order chi connectivity index (χ0) is 13.1. The maximum absolute atomic E-state index is 11.6. The van der Waals surface area contributed by atoms with Gasteiger partial charge in [0.25, 0.3) is 0 Å². The molecule has 0 aliphatic carbocycles. The molecule has 0 aliphatic rings. The van der Waals surface area contributed by atoms with Crippen LogP contribution in [-0.4, -0.2) is 34.0 Å². The third kappa shape index (κ3) is 3.13. The molecule has 0 unspecified atom stereocenters. The third-order valence-corrected chi connectivity index (χ3v) is 4.58. The fraction of sp³-hybridized carbons (Fsp3) is 0.462. The Labute approximate surface area is 125 Å². The molecule has 3 nitrogen and oxygen atoms in total. The summed E-state index contributed by atoms with van der Waals surface area (Å²) in [5.74, 6) is 0. The zero-order valence-corrected chi connectivity index (χ0v) is 13.6. The van der Waals surface area contributed by atoms with E-state index in [-0.39, 0.29) is 4.87 Å². The van der Waals surface area contributed by atoms with E-state index in [2.05, 4.69) is 52.7 Å². The molecule has 0 radical (unpaired) electrons. The number of hydrogen-bond acceptors (Lipinski definition) is 3. The Morgan fingerprint density at radius 2 is 2.17 bits per heavy atom. The number of alkyl halides is 1. The predicted octanol–water partition coefficient (Wildman–Crippen LogP) is 2.51. The van der Waals surface area contributed by atoms with Gasteiger partial charge in [0.05, 0.1) is 10.2 Å². The predicted molar refractivity (Wildman–Crippen MR) is 87.2 cm³/mol. The maximum atomic E-state index is 11.6. The molecule has 0 aliphatic heterocycles. The van der Waals surface area contributed by atoms with Crippen molar-refractivity contribution < 1.29 is 0 Å². The molecule has 0 spiro atoms. The van der Waals surface area contributed by atoms with Gasteiger partial charge in [-0.2, -0.15) is 0 Å². The lowest BCUT2D eigenvalue weighted by Crippen LogP contribution is -2.23. The van der Waals surface area contributed by atoms with Gasteiger partial charge in [-0.15, -0.1) is 0 Å². The molecule has 1 heterocycles. The number of halogens is 1. The molecule has 5 heteroatoms. The number of hydrogen-bond donors (Lipinski definition) is 0. The highest BCUT2D eigenvalue weighted by Gasteiger charge is 2.05. The van der Waals surface area contributed by atoms with E-state index in [0.29, 0.717) is 0 Å². The van der Waals surface area contributed by atoms with Crippen molar-refractivity contribution in [2.24, 2.45) is 7.05 Å². The molecule has 0 saturated heterocycles. The molecule has 0 fully saturated rings. The van der Waals surface area contributed by atoms with Gasteiger partial charge >= 0.3 is 4.87 Å². The molecular weight excluding hydrogens is 359 g/mol. The molecule has 2 aromatic rings. The Bertz CT molecular complexity index is 590. The summed E-state index contributed by atoms with van der Waals surface area (Å²) >= 11 is 3.73. The number of nitrogens with zero attached hydrogens (tertiary/aromatic N) is 2. The quantitative estimate of drug-likeness (QED) is 0.592. The number of likely N-dealkylation sites (N-methyl/N-ethyl adjacent to an activating group) is 1. The summed E-state index contributed by atoms with van der Waals surface area (Å²) in [7, 11) is 3.98. The van der Waals surface area contributed by atoms with E-state index in [0.717, 1.165) is 34.2 Å². The normalized spacial score (nSPS) is 11.6. The Hall–Kier alpha value is -0.400. The average molecular weight is 376 g/mol. The Kier molecular flexibility index (Phi) is 4.80. The lowest BCUT2D eigenvalue weighted by Gasteiger charge is -2.14. The highest BCUT2D eigenvalue weighted by molar-refractivity contribution is 14.1. The number of aromatic nitrogens is 1. The monoisotopic (exact) mass is 376 g/mol. The smallest absolute Gasteiger partial charge is 0.305 e. The molecule has 0 amide bonds. The zero-order valence-electron chi connectivity index (χ0n) is 10.6. The second kappa shape index (κ2) is 6.16. The van der Waals surface area contributed by atoms with E-state index < -0.39 is 0 Å². The van der Waals surface area contributed by atoms with Crippen LogP contribution in [0.4, 0.5) is 0 Å². The number of aryl methyl sites for hydroxylation is 1. The van der Waals surface area contributed by atoms with Crippen LogP contribution in [0.1, 0.15) is 5.56 Å². The first-order chi connectivity index (χ1) is 8.61. The summed E-state index contributed by atoms with van der Waals surface area (Å²) in [5.41, 5.74) is 2.35. The van der Waals surface area contributed by atoms with Crippen molar-refractivity contribution in [2.75, 3.05) is 24.6 Å².